The van der Waals surface area contributed by atoms with E-state index in [2.05, 4.69) is 16.1 Å². The number of nitrogens with one attached hydrogen (secondary N) is 1. The third kappa shape index (κ3) is 8.00. The van der Waals surface area contributed by atoms with Gasteiger partial charge in [-0.3, -0.25) is 24.3 Å². The Hall–Kier alpha value is -3.18. The van der Waals surface area contributed by atoms with Crippen molar-refractivity contribution in [1.29, 1.82) is 0 Å². The average molecular weight is 724 g/mol. The molecule has 0 spiro atoms. The second kappa shape index (κ2) is 16.5. The summed E-state index contributed by atoms with van der Waals surface area (Å²) in [6.07, 6.45) is 2.81. The van der Waals surface area contributed by atoms with Gasteiger partial charge >= 0.3 is 5.97 Å². The van der Waals surface area contributed by atoms with Gasteiger partial charge in [0.05, 0.1) is 37.0 Å². The van der Waals surface area contributed by atoms with Crippen molar-refractivity contribution < 1.29 is 43.2 Å². The van der Waals surface area contributed by atoms with E-state index in [4.69, 9.17) is 35.1 Å². The monoisotopic (exact) mass is 723 g/mol. The van der Waals surface area contributed by atoms with Crippen LogP contribution in [-0.4, -0.2) is 115 Å². The molecule has 4 bridgehead atoms. The van der Waals surface area contributed by atoms with E-state index >= 15 is 0 Å². The fraction of sp³-hybridized carbons (Fsp3) is 0.700. The number of hydrogen-bond donors (Lipinski definition) is 2. The molecule has 0 radical (unpaired) electrons. The van der Waals surface area contributed by atoms with Gasteiger partial charge in [0.25, 0.3) is 6.47 Å². The van der Waals surface area contributed by atoms with Gasteiger partial charge in [-0.25, -0.2) is 0 Å². The molecule has 12 nitrogen and oxygen atoms in total. The van der Waals surface area contributed by atoms with Crippen LogP contribution in [0.25, 0.3) is 0 Å². The maximum atomic E-state index is 14.3. The standard InChI is InChI=1S/C40H57N3O9/c1-10-27-12-14-28(15-13-27)20-43(9)30-18-23(3)50-38(34(30)46)52-36-25(5)33(45)26(6)37(47)51-31(11-2)40(8,49-22-44)35-24(4)32(41-16-17-42-35)29-19-39(36,7)48-21-29/h1,12-15,22-26,29-31,34-36,38,42,46H,11,16-21H2,2-9H3. The maximum absolute atomic E-state index is 14.3. The predicted molar refractivity (Wildman–Crippen MR) is 194 cm³/mol. The minimum atomic E-state index is -1.25. The molecule has 5 rings (SSSR count). The highest BCUT2D eigenvalue weighted by Crippen LogP contribution is 2.43. The Morgan fingerprint density at radius 1 is 1.15 bits per heavy atom. The van der Waals surface area contributed by atoms with Gasteiger partial charge in [0, 0.05) is 48.2 Å². The summed E-state index contributed by atoms with van der Waals surface area (Å²) in [7, 11) is 1.95. The van der Waals surface area contributed by atoms with E-state index in [1.807, 2.05) is 59.0 Å². The van der Waals surface area contributed by atoms with Crippen molar-refractivity contribution in [2.75, 3.05) is 26.7 Å². The summed E-state index contributed by atoms with van der Waals surface area (Å²) in [6, 6.07) is 6.99. The molecular weight excluding hydrogens is 666 g/mol. The molecule has 13 unspecified atom stereocenters. The summed E-state index contributed by atoms with van der Waals surface area (Å²) in [6.45, 7) is 15.1. The van der Waals surface area contributed by atoms with Crippen molar-refractivity contribution in [3.8, 4) is 12.3 Å². The van der Waals surface area contributed by atoms with Gasteiger partial charge in [-0.05, 0) is 71.7 Å². The van der Waals surface area contributed by atoms with Crippen LogP contribution in [0.15, 0.2) is 29.3 Å². The molecule has 3 saturated heterocycles. The second-order valence-corrected chi connectivity index (χ2v) is 15.6. The van der Waals surface area contributed by atoms with E-state index < -0.39 is 65.4 Å². The Kier molecular flexibility index (Phi) is 12.7. The van der Waals surface area contributed by atoms with Gasteiger partial charge in [-0.15, -0.1) is 6.42 Å². The molecule has 1 aromatic carbocycles. The van der Waals surface area contributed by atoms with Crippen LogP contribution in [0.5, 0.6) is 0 Å². The number of likely N-dealkylation sites (N-methyl/N-ethyl adjacent to an activating group) is 1. The number of esters is 1. The Morgan fingerprint density at radius 2 is 1.87 bits per heavy atom. The zero-order chi connectivity index (χ0) is 38.0. The van der Waals surface area contributed by atoms with Gasteiger partial charge in [-0.1, -0.05) is 38.8 Å². The largest absolute Gasteiger partial charge is 0.458 e. The fourth-order valence-electron chi connectivity index (χ4n) is 8.97. The van der Waals surface area contributed by atoms with Crippen molar-refractivity contribution in [1.82, 2.24) is 10.2 Å². The normalized spacial score (nSPS) is 40.2. The first kappa shape index (κ1) is 40.0. The highest BCUT2D eigenvalue weighted by atomic mass is 16.7. The number of carbonyl (C=O) groups excluding carboxylic acids is 3. The van der Waals surface area contributed by atoms with Crippen LogP contribution in [0.1, 0.15) is 78.9 Å². The third-order valence-electron chi connectivity index (χ3n) is 11.9. The van der Waals surface area contributed by atoms with E-state index in [-0.39, 0.29) is 24.0 Å². The number of rotatable bonds is 8. The molecule has 3 fully saturated rings. The molecule has 1 aromatic rings. The molecule has 286 valence electrons. The number of nitrogens with zero attached hydrogens (tertiary/aromatic N) is 2. The molecule has 0 saturated carbocycles. The average Bonchev–Trinajstić information content (AvgIpc) is 3.41. The lowest BCUT2D eigenvalue weighted by Crippen LogP contribution is -2.62. The molecule has 13 atom stereocenters. The molecule has 2 N–H and O–H groups in total. The van der Waals surface area contributed by atoms with E-state index in [1.165, 1.54) is 6.92 Å². The van der Waals surface area contributed by atoms with E-state index in [0.29, 0.717) is 52.0 Å². The second-order valence-electron chi connectivity index (χ2n) is 15.6. The Morgan fingerprint density at radius 3 is 2.52 bits per heavy atom. The number of Topliss-reactive ketones (excluding diaryl/α,β-unsaturated/α-hetero) is 1. The fourth-order valence-corrected chi connectivity index (χ4v) is 8.97. The number of aliphatic imine (C=N–C) groups is 1. The lowest BCUT2D eigenvalue weighted by Gasteiger charge is -2.46. The third-order valence-corrected chi connectivity index (χ3v) is 11.9. The van der Waals surface area contributed by atoms with Crippen LogP contribution in [0.3, 0.4) is 0 Å². The number of hydrogen-bond acceptors (Lipinski definition) is 12. The van der Waals surface area contributed by atoms with Gasteiger partial charge in [0.1, 0.15) is 18.1 Å². The molecule has 0 aromatic heterocycles. The summed E-state index contributed by atoms with van der Waals surface area (Å²) < 4.78 is 31.5. The number of ketones is 1. The minimum Gasteiger partial charge on any atom is -0.458 e. The number of cyclic esters (lactones) is 1. The highest BCUT2D eigenvalue weighted by molar-refractivity contribution is 6.00. The van der Waals surface area contributed by atoms with Crippen molar-refractivity contribution in [3.05, 3.63) is 35.4 Å². The summed E-state index contributed by atoms with van der Waals surface area (Å²) in [4.78, 5) is 47.1. The van der Waals surface area contributed by atoms with Crippen LogP contribution in [0.2, 0.25) is 0 Å². The summed E-state index contributed by atoms with van der Waals surface area (Å²) in [5.74, 6) is -0.838. The molecule has 4 aliphatic heterocycles. The van der Waals surface area contributed by atoms with E-state index in [9.17, 15) is 19.5 Å². The van der Waals surface area contributed by atoms with Gasteiger partial charge in [-0.2, -0.15) is 0 Å². The zero-order valence-corrected chi connectivity index (χ0v) is 31.9. The van der Waals surface area contributed by atoms with Crippen molar-refractivity contribution >= 4 is 23.9 Å². The summed E-state index contributed by atoms with van der Waals surface area (Å²) in [5, 5.41) is 15.4. The van der Waals surface area contributed by atoms with Crippen LogP contribution in [0.4, 0.5) is 0 Å². The first-order chi connectivity index (χ1) is 24.7. The van der Waals surface area contributed by atoms with Crippen LogP contribution in [-0.2, 0) is 44.6 Å². The van der Waals surface area contributed by atoms with Crippen molar-refractivity contribution in [3.63, 3.8) is 0 Å². The predicted octanol–water partition coefficient (Wildman–Crippen LogP) is 3.30. The van der Waals surface area contributed by atoms with Gasteiger partial charge in [0.15, 0.2) is 17.7 Å². The summed E-state index contributed by atoms with van der Waals surface area (Å²) >= 11 is 0. The van der Waals surface area contributed by atoms with E-state index in [0.717, 1.165) is 16.8 Å². The number of fused-ring (bicyclic) bond motifs is 5. The summed E-state index contributed by atoms with van der Waals surface area (Å²) in [5.41, 5.74) is 0.494. The molecular formula is C40H57N3O9. The Balaban J connectivity index is 1.48. The number of ether oxygens (including phenoxy) is 5. The van der Waals surface area contributed by atoms with Crippen molar-refractivity contribution in [2.24, 2.45) is 28.7 Å². The van der Waals surface area contributed by atoms with Crippen LogP contribution in [0, 0.1) is 36.0 Å². The smallest absolute Gasteiger partial charge is 0.316 e. The minimum absolute atomic E-state index is 0.130. The number of aliphatic hydroxyl groups is 1. The number of aliphatic hydroxyl groups excluding tert-OH is 1. The lowest BCUT2D eigenvalue weighted by atomic mass is 9.74. The van der Waals surface area contributed by atoms with E-state index in [1.54, 1.807) is 13.8 Å². The number of terminal acetylenes is 1. The Labute approximate surface area is 308 Å². The SMILES string of the molecule is C#Cc1ccc(CN(C)C2CC(C)OC(OC3C(C)C(=O)C(C)C(=O)OC(CC)C(C)(OC=O)C4NCCN=C(C5COC3(C)C5)C4C)C2O)cc1. The lowest BCUT2D eigenvalue weighted by molar-refractivity contribution is -0.293. The van der Waals surface area contributed by atoms with Crippen LogP contribution >= 0.6 is 0 Å². The first-order valence-electron chi connectivity index (χ1n) is 18.7. The van der Waals surface area contributed by atoms with Gasteiger partial charge < -0.3 is 34.1 Å². The number of benzene rings is 1. The molecule has 0 aliphatic carbocycles. The molecule has 4 heterocycles. The quantitative estimate of drug-likeness (QED) is 0.177. The molecule has 4 aliphatic rings. The zero-order valence-electron chi connectivity index (χ0n) is 31.9. The molecule has 0 amide bonds. The number of carbonyl (C=O) groups is 3. The molecule has 12 heteroatoms. The van der Waals surface area contributed by atoms with Crippen LogP contribution < -0.4 is 5.32 Å². The maximum Gasteiger partial charge on any atom is 0.316 e. The van der Waals surface area contributed by atoms with Crippen molar-refractivity contribution in [2.45, 2.75) is 128 Å². The highest BCUT2D eigenvalue weighted by Gasteiger charge is 2.55. The molecule has 52 heavy (non-hydrogen) atoms. The Bertz CT molecular complexity index is 1510. The van der Waals surface area contributed by atoms with Gasteiger partial charge in [0.2, 0.25) is 0 Å². The topological polar surface area (TPSA) is 145 Å². The first-order valence-corrected chi connectivity index (χ1v) is 18.7.